The van der Waals surface area contributed by atoms with E-state index in [1.165, 1.54) is 23.3 Å². The lowest BCUT2D eigenvalue weighted by Crippen LogP contribution is -2.38. The van der Waals surface area contributed by atoms with Crippen molar-refractivity contribution in [1.82, 2.24) is 5.32 Å². The summed E-state index contributed by atoms with van der Waals surface area (Å²) in [5, 5.41) is 7.64. The van der Waals surface area contributed by atoms with E-state index in [9.17, 15) is 4.79 Å². The predicted molar refractivity (Wildman–Crippen MR) is 96.9 cm³/mol. The molecule has 0 saturated carbocycles. The normalized spacial score (nSPS) is 22.2. The second-order valence-electron chi connectivity index (χ2n) is 6.55. The van der Waals surface area contributed by atoms with Crippen molar-refractivity contribution in [2.45, 2.75) is 38.8 Å². The molecule has 2 aliphatic rings. The van der Waals surface area contributed by atoms with Gasteiger partial charge < -0.3 is 15.4 Å². The van der Waals surface area contributed by atoms with Gasteiger partial charge in [-0.1, -0.05) is 25.5 Å². The van der Waals surface area contributed by atoms with Gasteiger partial charge in [0, 0.05) is 4.88 Å². The average Bonchev–Trinajstić information content (AvgIpc) is 2.99. The summed E-state index contributed by atoms with van der Waals surface area (Å²) in [7, 11) is 1.65. The van der Waals surface area contributed by atoms with Crippen LogP contribution >= 0.6 is 11.3 Å². The molecule has 0 saturated heterocycles. The summed E-state index contributed by atoms with van der Waals surface area (Å²) in [5.41, 5.74) is 3.16. The minimum absolute atomic E-state index is 0.0454. The fourth-order valence-corrected chi connectivity index (χ4v) is 5.09. The first-order valence-electron chi connectivity index (χ1n) is 8.55. The molecule has 2 aromatic rings. The van der Waals surface area contributed by atoms with Crippen molar-refractivity contribution in [2.75, 3.05) is 12.4 Å². The van der Waals surface area contributed by atoms with Gasteiger partial charge in [-0.25, -0.2) is 0 Å². The molecular weight excluding hydrogens is 320 g/mol. The number of methoxy groups -OCH3 is 1. The summed E-state index contributed by atoms with van der Waals surface area (Å²) >= 11 is 1.77. The summed E-state index contributed by atoms with van der Waals surface area (Å²) in [4.78, 5) is 14.1. The maximum atomic E-state index is 12.7. The van der Waals surface area contributed by atoms with Crippen LogP contribution in [0.1, 0.15) is 52.3 Å². The van der Waals surface area contributed by atoms with Gasteiger partial charge in [-0.2, -0.15) is 0 Å². The lowest BCUT2D eigenvalue weighted by molar-refractivity contribution is 0.0935. The summed E-state index contributed by atoms with van der Waals surface area (Å²) < 4.78 is 5.29. The average molecular weight is 342 g/mol. The Morgan fingerprint density at radius 3 is 3.00 bits per heavy atom. The number of ether oxygens (including phenoxy) is 1. The van der Waals surface area contributed by atoms with Crippen LogP contribution in [-0.2, 0) is 12.8 Å². The molecule has 0 spiro atoms. The van der Waals surface area contributed by atoms with Gasteiger partial charge in [0.25, 0.3) is 5.91 Å². The van der Waals surface area contributed by atoms with Crippen molar-refractivity contribution in [1.29, 1.82) is 0 Å². The van der Waals surface area contributed by atoms with Crippen molar-refractivity contribution < 1.29 is 9.53 Å². The molecule has 0 radical (unpaired) electrons. The highest BCUT2D eigenvalue weighted by atomic mass is 32.1. The van der Waals surface area contributed by atoms with Crippen molar-refractivity contribution in [2.24, 2.45) is 5.92 Å². The van der Waals surface area contributed by atoms with Crippen LogP contribution < -0.4 is 15.4 Å². The Morgan fingerprint density at radius 2 is 2.21 bits per heavy atom. The van der Waals surface area contributed by atoms with Crippen LogP contribution in [0.4, 0.5) is 5.00 Å². The Hall–Kier alpha value is -2.01. The monoisotopic (exact) mass is 342 g/mol. The van der Waals surface area contributed by atoms with Gasteiger partial charge in [0.1, 0.15) is 16.9 Å². The molecule has 24 heavy (non-hydrogen) atoms. The highest BCUT2D eigenvalue weighted by molar-refractivity contribution is 7.16. The summed E-state index contributed by atoms with van der Waals surface area (Å²) in [6.45, 7) is 2.26. The quantitative estimate of drug-likeness (QED) is 0.882. The molecule has 4 rings (SSSR count). The molecule has 1 amide bonds. The molecule has 126 valence electrons. The number of rotatable bonds is 3. The van der Waals surface area contributed by atoms with Crippen LogP contribution in [0, 0.1) is 5.92 Å². The van der Waals surface area contributed by atoms with Gasteiger partial charge >= 0.3 is 0 Å². The highest BCUT2D eigenvalue weighted by Crippen LogP contribution is 2.43. The molecule has 0 bridgehead atoms. The maximum Gasteiger partial charge on any atom is 0.256 e. The Kier molecular flexibility index (Phi) is 3.96. The Morgan fingerprint density at radius 1 is 1.33 bits per heavy atom. The summed E-state index contributed by atoms with van der Waals surface area (Å²) in [6.07, 6.45) is 4.34. The number of anilines is 1. The molecule has 2 N–H and O–H groups in total. The molecule has 2 atom stereocenters. The van der Waals surface area contributed by atoms with Gasteiger partial charge in [-0.3, -0.25) is 4.79 Å². The minimum Gasteiger partial charge on any atom is -0.497 e. The third-order valence-electron chi connectivity index (χ3n) is 5.15. The number of thiophene rings is 1. The molecule has 5 heteroatoms. The molecule has 1 aromatic heterocycles. The SMILES string of the molecule is CC[C@@H]1CCc2c(sc3c2C(=O)N[C@@H](c2cccc(OC)c2)N3)C1. The number of benzene rings is 1. The van der Waals surface area contributed by atoms with E-state index < -0.39 is 0 Å². The summed E-state index contributed by atoms with van der Waals surface area (Å²) in [5.74, 6) is 1.60. The van der Waals surface area contributed by atoms with E-state index in [1.807, 2.05) is 24.3 Å². The van der Waals surface area contributed by atoms with Gasteiger partial charge in [-0.15, -0.1) is 11.3 Å². The highest BCUT2D eigenvalue weighted by Gasteiger charge is 2.33. The molecule has 1 aliphatic heterocycles. The lowest BCUT2D eigenvalue weighted by atomic mass is 9.85. The molecular formula is C19H22N2O2S. The van der Waals surface area contributed by atoms with Crippen molar-refractivity contribution in [3.63, 3.8) is 0 Å². The van der Waals surface area contributed by atoms with Gasteiger partial charge in [0.2, 0.25) is 0 Å². The standard InChI is InChI=1S/C19H22N2O2S/c1-3-11-7-8-14-15(9-11)24-19-16(14)18(22)20-17(21-19)12-5-4-6-13(10-12)23-2/h4-6,10-11,17,21H,3,7-9H2,1-2H3,(H,20,22)/t11-,17-/m1/s1. The number of hydrogen-bond acceptors (Lipinski definition) is 4. The van der Waals surface area contributed by atoms with Crippen LogP contribution in [0.25, 0.3) is 0 Å². The zero-order chi connectivity index (χ0) is 16.7. The van der Waals surface area contributed by atoms with E-state index in [4.69, 9.17) is 4.74 Å². The van der Waals surface area contributed by atoms with E-state index in [-0.39, 0.29) is 12.1 Å². The van der Waals surface area contributed by atoms with Crippen molar-refractivity contribution >= 4 is 22.2 Å². The van der Waals surface area contributed by atoms with E-state index in [0.717, 1.165) is 40.6 Å². The van der Waals surface area contributed by atoms with Gasteiger partial charge in [0.05, 0.1) is 12.7 Å². The topological polar surface area (TPSA) is 50.4 Å². The van der Waals surface area contributed by atoms with E-state index in [0.29, 0.717) is 0 Å². The zero-order valence-electron chi connectivity index (χ0n) is 14.0. The number of carbonyl (C=O) groups excluding carboxylic acids is 1. The fourth-order valence-electron chi connectivity index (χ4n) is 3.70. The molecule has 4 nitrogen and oxygen atoms in total. The van der Waals surface area contributed by atoms with Crippen molar-refractivity contribution in [3.8, 4) is 5.75 Å². The first-order chi connectivity index (χ1) is 11.7. The predicted octanol–water partition coefficient (Wildman–Crippen LogP) is 4.13. The number of fused-ring (bicyclic) bond motifs is 3. The maximum absolute atomic E-state index is 12.7. The third kappa shape index (κ3) is 2.57. The molecule has 0 unspecified atom stereocenters. The van der Waals surface area contributed by atoms with E-state index >= 15 is 0 Å². The fraction of sp³-hybridized carbons (Fsp3) is 0.421. The van der Waals surface area contributed by atoms with Crippen LogP contribution in [-0.4, -0.2) is 13.0 Å². The van der Waals surface area contributed by atoms with Gasteiger partial charge in [-0.05, 0) is 48.4 Å². The number of nitrogens with one attached hydrogen (secondary N) is 2. The Balaban J connectivity index is 1.66. The molecule has 0 fully saturated rings. The first kappa shape index (κ1) is 15.5. The zero-order valence-corrected chi connectivity index (χ0v) is 14.8. The van der Waals surface area contributed by atoms with E-state index in [2.05, 4.69) is 17.6 Å². The van der Waals surface area contributed by atoms with Gasteiger partial charge in [0.15, 0.2) is 0 Å². The molecule has 1 aromatic carbocycles. The minimum atomic E-state index is -0.206. The Bertz CT molecular complexity index is 784. The lowest BCUT2D eigenvalue weighted by Gasteiger charge is -2.27. The molecule has 1 aliphatic carbocycles. The Labute approximate surface area is 146 Å². The van der Waals surface area contributed by atoms with Crippen LogP contribution in [0.5, 0.6) is 5.75 Å². The second kappa shape index (κ2) is 6.13. The number of hydrogen-bond donors (Lipinski definition) is 2. The number of amides is 1. The second-order valence-corrected chi connectivity index (χ2v) is 7.66. The van der Waals surface area contributed by atoms with Crippen LogP contribution in [0.2, 0.25) is 0 Å². The van der Waals surface area contributed by atoms with Crippen LogP contribution in [0.3, 0.4) is 0 Å². The largest absolute Gasteiger partial charge is 0.497 e. The molecule has 2 heterocycles. The third-order valence-corrected chi connectivity index (χ3v) is 6.34. The summed E-state index contributed by atoms with van der Waals surface area (Å²) in [6, 6.07) is 7.83. The van der Waals surface area contributed by atoms with E-state index in [1.54, 1.807) is 18.4 Å². The smallest absolute Gasteiger partial charge is 0.256 e. The van der Waals surface area contributed by atoms with Crippen molar-refractivity contribution in [3.05, 3.63) is 45.8 Å². The van der Waals surface area contributed by atoms with Crippen LogP contribution in [0.15, 0.2) is 24.3 Å². The first-order valence-corrected chi connectivity index (χ1v) is 9.37. The number of carbonyl (C=O) groups is 1.